The Hall–Kier alpha value is -3.14. The predicted octanol–water partition coefficient (Wildman–Crippen LogP) is 3.54. The molecule has 5 aromatic rings. The van der Waals surface area contributed by atoms with Crippen LogP contribution in [0.4, 0.5) is 0 Å². The number of fused-ring (bicyclic) bond motifs is 2. The van der Waals surface area contributed by atoms with Gasteiger partial charge in [0, 0.05) is 28.9 Å². The number of hydrogen-bond acceptors (Lipinski definition) is 7. The number of aryl methyl sites for hydroxylation is 3. The molecule has 1 fully saturated rings. The Morgan fingerprint density at radius 3 is 2.48 bits per heavy atom. The summed E-state index contributed by atoms with van der Waals surface area (Å²) in [6.07, 6.45) is 11.9. The number of aromatic amines is 1. The van der Waals surface area contributed by atoms with E-state index in [1.54, 1.807) is 6.29 Å². The quantitative estimate of drug-likeness (QED) is 0.194. The van der Waals surface area contributed by atoms with Crippen LogP contribution in [-0.4, -0.2) is 41.2 Å². The molecule has 42 heavy (non-hydrogen) atoms. The van der Waals surface area contributed by atoms with Crippen LogP contribution in [0.3, 0.4) is 0 Å². The maximum Gasteiger partial charge on any atom is 1.00 e. The van der Waals surface area contributed by atoms with Crippen LogP contribution in [0.15, 0.2) is 35.0 Å². The van der Waals surface area contributed by atoms with E-state index in [-0.39, 0.29) is 40.8 Å². The number of rotatable bonds is 5. The van der Waals surface area contributed by atoms with Gasteiger partial charge in [-0.05, 0) is 89.0 Å². The molecular formula is C32H36N7NaO2. The molecule has 1 saturated carbocycles. The van der Waals surface area contributed by atoms with Crippen molar-refractivity contribution in [2.75, 3.05) is 0 Å². The molecule has 212 valence electrons. The van der Waals surface area contributed by atoms with Gasteiger partial charge in [0.1, 0.15) is 5.82 Å². The Labute approximate surface area is 268 Å². The molecule has 0 aliphatic heterocycles. The Morgan fingerprint density at radius 2 is 1.81 bits per heavy atom. The average Bonchev–Trinajstić information content (AvgIpc) is 3.26. The van der Waals surface area contributed by atoms with E-state index < -0.39 is 0 Å². The summed E-state index contributed by atoms with van der Waals surface area (Å²) in [6.45, 7) is 10.5. The van der Waals surface area contributed by atoms with Gasteiger partial charge >= 0.3 is 29.6 Å². The Balaban J connectivity index is 0.000000247. The fourth-order valence-corrected chi connectivity index (χ4v) is 5.77. The SMILES string of the molecule is CC1(c2nc([C-]=O)no2)CC1.Cc1nn(C(C)C)c(C)c1-c1nc2nccc(-c3ccc4c(c3)CCCCC4)c2[nH]1.[Na+]. The topological polar surface area (TPSA) is 115 Å². The number of carbonyl (C=O) groups excluding carboxylic acids is 1. The summed E-state index contributed by atoms with van der Waals surface area (Å²) in [7, 11) is 0. The number of aromatic nitrogens is 7. The van der Waals surface area contributed by atoms with E-state index >= 15 is 0 Å². The fourth-order valence-electron chi connectivity index (χ4n) is 5.77. The monoisotopic (exact) mass is 573 g/mol. The zero-order chi connectivity index (χ0) is 28.7. The van der Waals surface area contributed by atoms with Crippen molar-refractivity contribution in [1.29, 1.82) is 0 Å². The molecule has 0 amide bonds. The van der Waals surface area contributed by atoms with Crippen molar-refractivity contribution in [3.05, 3.63) is 64.7 Å². The van der Waals surface area contributed by atoms with Crippen LogP contribution in [0.25, 0.3) is 33.7 Å². The average molecular weight is 574 g/mol. The first kappa shape index (κ1) is 30.3. The van der Waals surface area contributed by atoms with Crippen molar-refractivity contribution in [2.45, 2.75) is 91.0 Å². The summed E-state index contributed by atoms with van der Waals surface area (Å²) in [6, 6.07) is 9.37. The number of hydrogen-bond donors (Lipinski definition) is 1. The summed E-state index contributed by atoms with van der Waals surface area (Å²) in [4.78, 5) is 26.9. The van der Waals surface area contributed by atoms with E-state index in [0.717, 1.165) is 52.3 Å². The fraction of sp³-hybridized carbons (Fsp3) is 0.438. The minimum Gasteiger partial charge on any atom is -0.534 e. The van der Waals surface area contributed by atoms with Crippen molar-refractivity contribution < 1.29 is 38.9 Å². The third-order valence-electron chi connectivity index (χ3n) is 8.39. The molecule has 4 aromatic heterocycles. The van der Waals surface area contributed by atoms with Crippen molar-refractivity contribution >= 4 is 17.5 Å². The molecule has 10 heteroatoms. The van der Waals surface area contributed by atoms with Gasteiger partial charge in [-0.1, -0.05) is 36.7 Å². The Bertz CT molecular complexity index is 1730. The molecule has 0 saturated heterocycles. The van der Waals surface area contributed by atoms with Gasteiger partial charge in [0.2, 0.25) is 5.89 Å². The second-order valence-electron chi connectivity index (χ2n) is 11.9. The van der Waals surface area contributed by atoms with Gasteiger partial charge in [-0.2, -0.15) is 11.4 Å². The van der Waals surface area contributed by atoms with Gasteiger partial charge in [0.05, 0.1) is 22.6 Å². The first-order valence-corrected chi connectivity index (χ1v) is 14.5. The van der Waals surface area contributed by atoms with Gasteiger partial charge in [0.25, 0.3) is 0 Å². The van der Waals surface area contributed by atoms with Crippen LogP contribution in [-0.2, 0) is 23.1 Å². The summed E-state index contributed by atoms with van der Waals surface area (Å²) in [5.74, 6) is 1.44. The summed E-state index contributed by atoms with van der Waals surface area (Å²) >= 11 is 0. The number of imidazole rings is 1. The van der Waals surface area contributed by atoms with E-state index in [2.05, 4.69) is 76.8 Å². The summed E-state index contributed by atoms with van der Waals surface area (Å²) in [5.41, 5.74) is 10.4. The molecule has 1 aromatic carbocycles. The van der Waals surface area contributed by atoms with Gasteiger partial charge in [-0.25, -0.2) is 15.0 Å². The second-order valence-corrected chi connectivity index (χ2v) is 11.9. The molecule has 0 spiro atoms. The van der Waals surface area contributed by atoms with Gasteiger partial charge in [0.15, 0.2) is 5.65 Å². The number of nitrogens with one attached hydrogen (secondary N) is 1. The van der Waals surface area contributed by atoms with Crippen LogP contribution in [0.1, 0.15) is 93.1 Å². The largest absolute Gasteiger partial charge is 1.00 e. The van der Waals surface area contributed by atoms with Gasteiger partial charge < -0.3 is 14.3 Å². The van der Waals surface area contributed by atoms with Crippen LogP contribution in [0, 0.1) is 13.8 Å². The summed E-state index contributed by atoms with van der Waals surface area (Å²) in [5, 5.41) is 8.16. The zero-order valence-corrected chi connectivity index (χ0v) is 27.4. The van der Waals surface area contributed by atoms with E-state index in [9.17, 15) is 4.79 Å². The standard InChI is InChI=1S/C25H29N5.C7H7N2O2.Na/c1-15(2)30-17(4)22(16(3)29-30)24-27-23-21(12-13-26-25(23)28-24)20-11-10-18-8-6-5-7-9-19(18)14-20;1-7(2-3-7)6-8-5(4-10)9-11-6;/h10-15H,5-9H2,1-4H3,(H,26,27,28);2-3H2,1H3;/q;-1;+1. The smallest absolute Gasteiger partial charge is 0.534 e. The van der Waals surface area contributed by atoms with Crippen LogP contribution >= 0.6 is 0 Å². The van der Waals surface area contributed by atoms with E-state index in [0.29, 0.717) is 11.9 Å². The minimum absolute atomic E-state index is 0. The predicted molar refractivity (Wildman–Crippen MR) is 157 cm³/mol. The number of benzene rings is 1. The number of nitrogens with zero attached hydrogens (tertiary/aromatic N) is 6. The molecule has 7 rings (SSSR count). The molecule has 0 bridgehead atoms. The molecule has 9 nitrogen and oxygen atoms in total. The number of pyridine rings is 1. The maximum atomic E-state index is 10.1. The van der Waals surface area contributed by atoms with E-state index in [4.69, 9.17) is 14.6 Å². The third-order valence-corrected chi connectivity index (χ3v) is 8.39. The maximum absolute atomic E-state index is 10.1. The van der Waals surface area contributed by atoms with Crippen molar-refractivity contribution in [1.82, 2.24) is 34.9 Å². The molecule has 0 atom stereocenters. The van der Waals surface area contributed by atoms with Crippen molar-refractivity contribution in [3.63, 3.8) is 0 Å². The van der Waals surface area contributed by atoms with Crippen molar-refractivity contribution in [3.8, 4) is 22.5 Å². The minimum atomic E-state index is 0. The molecule has 0 radical (unpaired) electrons. The molecule has 4 heterocycles. The van der Waals surface area contributed by atoms with Gasteiger partial charge in [-0.15, -0.1) is 0 Å². The molecule has 1 N–H and O–H groups in total. The van der Waals surface area contributed by atoms with Crippen molar-refractivity contribution in [2.24, 2.45) is 0 Å². The van der Waals surface area contributed by atoms with Gasteiger partial charge in [-0.3, -0.25) is 4.68 Å². The summed E-state index contributed by atoms with van der Waals surface area (Å²) < 4.78 is 6.93. The first-order chi connectivity index (χ1) is 19.8. The molecule has 2 aliphatic rings. The number of H-pyrrole nitrogens is 1. The Morgan fingerprint density at radius 1 is 1.05 bits per heavy atom. The second kappa shape index (κ2) is 12.2. The van der Waals surface area contributed by atoms with Crippen LogP contribution in [0.5, 0.6) is 0 Å². The molecule has 0 unspecified atom stereocenters. The van der Waals surface area contributed by atoms with Crippen LogP contribution < -0.4 is 29.6 Å². The normalized spacial score (nSPS) is 15.4. The Kier molecular flexibility index (Phi) is 8.83. The molecule has 2 aliphatic carbocycles. The van der Waals surface area contributed by atoms with Crippen LogP contribution in [0.2, 0.25) is 0 Å². The zero-order valence-electron chi connectivity index (χ0n) is 25.4. The van der Waals surface area contributed by atoms with E-state index in [1.165, 1.54) is 48.8 Å². The molecular weight excluding hydrogens is 537 g/mol. The van der Waals surface area contributed by atoms with E-state index in [1.807, 2.05) is 13.1 Å². The third kappa shape index (κ3) is 5.87. The first-order valence-electron chi connectivity index (χ1n) is 14.5.